The van der Waals surface area contributed by atoms with Gasteiger partial charge in [0.1, 0.15) is 0 Å². The third-order valence-electron chi connectivity index (χ3n) is 4.10. The number of nitrogens with one attached hydrogen (secondary N) is 2. The molecule has 2 aromatic rings. The summed E-state index contributed by atoms with van der Waals surface area (Å²) in [5.41, 5.74) is 1.08. The van der Waals surface area contributed by atoms with Crippen molar-refractivity contribution in [3.05, 3.63) is 46.2 Å². The topological polar surface area (TPSA) is 54.9 Å². The molecule has 0 saturated carbocycles. The molecule has 0 unspecified atom stereocenters. The van der Waals surface area contributed by atoms with Crippen LogP contribution >= 0.6 is 35.3 Å². The Hall–Kier alpha value is -1.48. The fourth-order valence-corrected chi connectivity index (χ4v) is 3.11. The Kier molecular flexibility index (Phi) is 9.21. The lowest BCUT2D eigenvalue weighted by atomic mass is 9.84. The highest BCUT2D eigenvalue weighted by molar-refractivity contribution is 14.0. The summed E-state index contributed by atoms with van der Waals surface area (Å²) < 4.78 is 10.7. The van der Waals surface area contributed by atoms with Gasteiger partial charge in [-0.25, -0.2) is 0 Å². The summed E-state index contributed by atoms with van der Waals surface area (Å²) in [6, 6.07) is 10.2. The van der Waals surface area contributed by atoms with Crippen molar-refractivity contribution in [2.75, 3.05) is 27.8 Å². The van der Waals surface area contributed by atoms with Gasteiger partial charge in [0, 0.05) is 23.9 Å². The van der Waals surface area contributed by atoms with Gasteiger partial charge < -0.3 is 20.1 Å². The lowest BCUT2D eigenvalue weighted by molar-refractivity contribution is 0.353. The number of aliphatic imine (C=N–C) groups is 1. The van der Waals surface area contributed by atoms with E-state index in [9.17, 15) is 0 Å². The monoisotopic (exact) mass is 489 g/mol. The van der Waals surface area contributed by atoms with E-state index >= 15 is 0 Å². The SMILES string of the molecule is CN=C(NCc1cccs1)NCC(C)(C)c1ccc(OC)c(OC)c1.I. The van der Waals surface area contributed by atoms with Crippen molar-refractivity contribution < 1.29 is 9.47 Å². The number of benzene rings is 1. The predicted molar refractivity (Wildman–Crippen MR) is 121 cm³/mol. The molecule has 0 amide bonds. The first-order valence-corrected chi connectivity index (χ1v) is 9.07. The van der Waals surface area contributed by atoms with Crippen LogP contribution in [-0.2, 0) is 12.0 Å². The molecule has 0 bridgehead atoms. The average molecular weight is 489 g/mol. The lowest BCUT2D eigenvalue weighted by Gasteiger charge is -2.27. The number of rotatable bonds is 7. The molecule has 0 radical (unpaired) electrons. The van der Waals surface area contributed by atoms with Gasteiger partial charge >= 0.3 is 0 Å². The zero-order valence-corrected chi connectivity index (χ0v) is 19.1. The zero-order valence-electron chi connectivity index (χ0n) is 16.0. The van der Waals surface area contributed by atoms with Crippen LogP contribution in [-0.4, -0.2) is 33.8 Å². The minimum absolute atomic E-state index is 0. The molecule has 1 heterocycles. The standard InChI is InChI=1S/C19H27N3O2S.HI/c1-19(2,14-8-9-16(23-4)17(11-14)24-5)13-22-18(20-3)21-12-15-7-6-10-25-15;/h6-11H,12-13H2,1-5H3,(H2,20,21,22);1H. The maximum atomic E-state index is 5.42. The summed E-state index contributed by atoms with van der Waals surface area (Å²) in [4.78, 5) is 5.58. The summed E-state index contributed by atoms with van der Waals surface area (Å²) in [6.07, 6.45) is 0. The Morgan fingerprint density at radius 3 is 2.42 bits per heavy atom. The molecule has 26 heavy (non-hydrogen) atoms. The maximum absolute atomic E-state index is 5.42. The maximum Gasteiger partial charge on any atom is 0.191 e. The third kappa shape index (κ3) is 6.05. The van der Waals surface area contributed by atoms with Crippen molar-refractivity contribution in [1.29, 1.82) is 0 Å². The first kappa shape index (κ1) is 22.6. The highest BCUT2D eigenvalue weighted by atomic mass is 127. The number of guanidine groups is 1. The second kappa shape index (κ2) is 10.6. The fraction of sp³-hybridized carbons (Fsp3) is 0.421. The molecule has 5 nitrogen and oxygen atoms in total. The number of hydrogen-bond acceptors (Lipinski definition) is 4. The summed E-state index contributed by atoms with van der Waals surface area (Å²) in [6.45, 7) is 5.89. The largest absolute Gasteiger partial charge is 0.493 e. The molecule has 0 fully saturated rings. The van der Waals surface area contributed by atoms with Gasteiger partial charge in [-0.15, -0.1) is 35.3 Å². The number of ether oxygens (including phenoxy) is 2. The first-order chi connectivity index (χ1) is 12.0. The number of hydrogen-bond donors (Lipinski definition) is 2. The Morgan fingerprint density at radius 1 is 1.12 bits per heavy atom. The van der Waals surface area contributed by atoms with E-state index < -0.39 is 0 Å². The van der Waals surface area contributed by atoms with E-state index in [1.807, 2.05) is 12.1 Å². The quantitative estimate of drug-likeness (QED) is 0.351. The van der Waals surface area contributed by atoms with Crippen LogP contribution in [0.5, 0.6) is 11.5 Å². The van der Waals surface area contributed by atoms with Gasteiger partial charge in [-0.2, -0.15) is 0 Å². The molecule has 0 aliphatic heterocycles. The molecule has 0 aliphatic carbocycles. The molecule has 0 saturated heterocycles. The molecule has 2 rings (SSSR count). The van der Waals surface area contributed by atoms with Crippen LogP contribution in [0, 0.1) is 0 Å². The van der Waals surface area contributed by atoms with E-state index in [0.29, 0.717) is 0 Å². The van der Waals surface area contributed by atoms with Crippen LogP contribution in [0.15, 0.2) is 40.7 Å². The summed E-state index contributed by atoms with van der Waals surface area (Å²) in [7, 11) is 5.09. The van der Waals surface area contributed by atoms with Crippen LogP contribution in [0.25, 0.3) is 0 Å². The van der Waals surface area contributed by atoms with Crippen molar-refractivity contribution in [3.8, 4) is 11.5 Å². The van der Waals surface area contributed by atoms with Crippen LogP contribution in [0.1, 0.15) is 24.3 Å². The molecule has 7 heteroatoms. The molecule has 0 atom stereocenters. The van der Waals surface area contributed by atoms with Crippen molar-refractivity contribution in [2.45, 2.75) is 25.8 Å². The van der Waals surface area contributed by atoms with Crippen LogP contribution in [0.3, 0.4) is 0 Å². The van der Waals surface area contributed by atoms with Crippen molar-refractivity contribution in [2.24, 2.45) is 4.99 Å². The van der Waals surface area contributed by atoms with Crippen LogP contribution < -0.4 is 20.1 Å². The van der Waals surface area contributed by atoms with Gasteiger partial charge in [0.2, 0.25) is 0 Å². The zero-order chi connectivity index (χ0) is 18.3. The second-order valence-electron chi connectivity index (χ2n) is 6.31. The Balaban J connectivity index is 0.00000338. The molecular weight excluding hydrogens is 461 g/mol. The van der Waals surface area contributed by atoms with Gasteiger partial charge in [-0.05, 0) is 29.1 Å². The number of thiophene rings is 1. The van der Waals surface area contributed by atoms with Gasteiger partial charge in [-0.1, -0.05) is 26.0 Å². The van der Waals surface area contributed by atoms with E-state index in [1.54, 1.807) is 32.6 Å². The highest BCUT2D eigenvalue weighted by Gasteiger charge is 2.22. The lowest BCUT2D eigenvalue weighted by Crippen LogP contribution is -2.43. The highest BCUT2D eigenvalue weighted by Crippen LogP contribution is 2.32. The minimum Gasteiger partial charge on any atom is -0.493 e. The Labute approximate surface area is 177 Å². The van der Waals surface area contributed by atoms with Crippen LogP contribution in [0.4, 0.5) is 0 Å². The molecular formula is C19H28IN3O2S. The van der Waals surface area contributed by atoms with Gasteiger partial charge in [0.15, 0.2) is 17.5 Å². The third-order valence-corrected chi connectivity index (χ3v) is 4.97. The summed E-state index contributed by atoms with van der Waals surface area (Å²) in [5, 5.41) is 8.83. The van der Waals surface area contributed by atoms with Gasteiger partial charge in [-0.3, -0.25) is 4.99 Å². The van der Waals surface area contributed by atoms with Gasteiger partial charge in [0.05, 0.1) is 20.8 Å². The Bertz CT molecular complexity index is 703. The minimum atomic E-state index is -0.0971. The molecule has 1 aromatic heterocycles. The summed E-state index contributed by atoms with van der Waals surface area (Å²) in [5.74, 6) is 2.28. The fourth-order valence-electron chi connectivity index (χ4n) is 2.47. The first-order valence-electron chi connectivity index (χ1n) is 8.19. The molecule has 0 spiro atoms. The summed E-state index contributed by atoms with van der Waals surface area (Å²) >= 11 is 1.73. The normalized spacial score (nSPS) is 11.5. The number of methoxy groups -OCH3 is 2. The van der Waals surface area contributed by atoms with Crippen molar-refractivity contribution in [3.63, 3.8) is 0 Å². The van der Waals surface area contributed by atoms with Crippen molar-refractivity contribution >= 4 is 41.3 Å². The molecule has 0 aliphatic rings. The molecule has 2 N–H and O–H groups in total. The van der Waals surface area contributed by atoms with E-state index in [4.69, 9.17) is 9.47 Å². The molecule has 1 aromatic carbocycles. The van der Waals surface area contributed by atoms with E-state index in [1.165, 1.54) is 10.4 Å². The van der Waals surface area contributed by atoms with E-state index in [0.717, 1.165) is 30.5 Å². The van der Waals surface area contributed by atoms with Crippen LogP contribution in [0.2, 0.25) is 0 Å². The molecule has 144 valence electrons. The van der Waals surface area contributed by atoms with E-state index in [2.05, 4.69) is 53.1 Å². The average Bonchev–Trinajstić information content (AvgIpc) is 3.14. The van der Waals surface area contributed by atoms with E-state index in [-0.39, 0.29) is 29.4 Å². The van der Waals surface area contributed by atoms with Crippen molar-refractivity contribution in [1.82, 2.24) is 10.6 Å². The Morgan fingerprint density at radius 2 is 1.85 bits per heavy atom. The smallest absolute Gasteiger partial charge is 0.191 e. The second-order valence-corrected chi connectivity index (χ2v) is 7.34. The predicted octanol–water partition coefficient (Wildman–Crippen LogP) is 4.03. The van der Waals surface area contributed by atoms with Gasteiger partial charge in [0.25, 0.3) is 0 Å². The number of halogens is 1. The number of nitrogens with zero attached hydrogens (tertiary/aromatic N) is 1.